The van der Waals surface area contributed by atoms with Crippen LogP contribution in [-0.4, -0.2) is 88.1 Å². The molecule has 9 nitrogen and oxygen atoms in total. The predicted octanol–water partition coefficient (Wildman–Crippen LogP) is 4.22. The minimum atomic E-state index is -5.27. The highest BCUT2D eigenvalue weighted by atomic mass is 19.4. The van der Waals surface area contributed by atoms with Crippen molar-refractivity contribution >= 4 is 0 Å². The van der Waals surface area contributed by atoms with Crippen LogP contribution in [0.25, 0.3) is 0 Å². The van der Waals surface area contributed by atoms with Crippen molar-refractivity contribution in [1.29, 1.82) is 0 Å². The van der Waals surface area contributed by atoms with Gasteiger partial charge in [0, 0.05) is 23.8 Å². The summed E-state index contributed by atoms with van der Waals surface area (Å²) in [4.78, 5) is 0. The Bertz CT molecular complexity index is 1380. The van der Waals surface area contributed by atoms with Crippen molar-refractivity contribution in [2.75, 3.05) is 19.8 Å². The van der Waals surface area contributed by atoms with Gasteiger partial charge in [0.15, 0.2) is 5.79 Å². The highest BCUT2D eigenvalue weighted by molar-refractivity contribution is 5.35. The summed E-state index contributed by atoms with van der Waals surface area (Å²) in [6.07, 6.45) is -12.4. The van der Waals surface area contributed by atoms with E-state index in [1.54, 1.807) is 6.92 Å². The van der Waals surface area contributed by atoms with Crippen LogP contribution in [0.15, 0.2) is 22.7 Å². The lowest BCUT2D eigenvalue weighted by molar-refractivity contribution is -0.363. The molecule has 0 aromatic rings. The Morgan fingerprint density at radius 2 is 1.62 bits per heavy atom. The fraction of sp³-hybridized carbons (Fsp3) is 0.829. The van der Waals surface area contributed by atoms with Gasteiger partial charge in [-0.15, -0.1) is 0 Å². The van der Waals surface area contributed by atoms with E-state index in [1.165, 1.54) is 6.92 Å². The fourth-order valence-corrected chi connectivity index (χ4v) is 9.20. The van der Waals surface area contributed by atoms with Gasteiger partial charge >= 0.3 is 12.4 Å². The molecule has 0 bridgehead atoms. The zero-order valence-electron chi connectivity index (χ0n) is 28.6. The maximum atomic E-state index is 14.4. The first kappa shape index (κ1) is 39.2. The van der Waals surface area contributed by atoms with Crippen molar-refractivity contribution in [1.82, 2.24) is 0 Å². The molecular formula is C35H47F6O9-. The SMILES string of the molecule is C[C@@H]1CC[C@H]2C(C(O)C#CCOC/C(=C(/[O-])C(F)(F)F)C3CC[C@@H](C)[C@@H]4CC[C@H](C)OC[C@]34O)=C(C(F)(F)F)O[C@@H]3O[C@](C)(O)CC[C@@H]1[C@]32O. The molecule has 50 heavy (non-hydrogen) atoms. The maximum absolute atomic E-state index is 14.4. The number of ether oxygens (including phenoxy) is 4. The second kappa shape index (κ2) is 14.1. The van der Waals surface area contributed by atoms with Gasteiger partial charge in [0.2, 0.25) is 12.0 Å². The molecule has 0 aromatic heterocycles. The molecule has 3 heterocycles. The molecule has 5 rings (SSSR count). The molecule has 12 atom stereocenters. The monoisotopic (exact) mass is 725 g/mol. The molecule has 2 saturated heterocycles. The van der Waals surface area contributed by atoms with Crippen molar-refractivity contribution in [3.63, 3.8) is 0 Å². The summed E-state index contributed by atoms with van der Waals surface area (Å²) in [5.74, 6) is -4.85. The Balaban J connectivity index is 1.40. The average molecular weight is 726 g/mol. The lowest BCUT2D eigenvalue weighted by atomic mass is 9.59. The van der Waals surface area contributed by atoms with Crippen LogP contribution in [-0.2, 0) is 18.9 Å². The van der Waals surface area contributed by atoms with E-state index in [1.807, 2.05) is 13.8 Å². The zero-order valence-corrected chi connectivity index (χ0v) is 28.6. The molecule has 284 valence electrons. The third-order valence-electron chi connectivity index (χ3n) is 11.8. The summed E-state index contributed by atoms with van der Waals surface area (Å²) in [6, 6.07) is 0. The molecule has 4 N–H and O–H groups in total. The fourth-order valence-electron chi connectivity index (χ4n) is 9.20. The molecule has 2 saturated carbocycles. The minimum absolute atomic E-state index is 0.0210. The van der Waals surface area contributed by atoms with Gasteiger partial charge < -0.3 is 44.5 Å². The summed E-state index contributed by atoms with van der Waals surface area (Å²) < 4.78 is 107. The largest absolute Gasteiger partial charge is 0.869 e. The van der Waals surface area contributed by atoms with Crippen LogP contribution in [0.1, 0.15) is 79.1 Å². The molecule has 15 heteroatoms. The van der Waals surface area contributed by atoms with Gasteiger partial charge in [-0.25, -0.2) is 0 Å². The van der Waals surface area contributed by atoms with Gasteiger partial charge in [-0.05, 0) is 93.8 Å². The van der Waals surface area contributed by atoms with E-state index in [2.05, 4.69) is 11.8 Å². The third kappa shape index (κ3) is 7.40. The summed E-state index contributed by atoms with van der Waals surface area (Å²) in [6.45, 7) is 5.00. The van der Waals surface area contributed by atoms with E-state index in [-0.39, 0.29) is 50.2 Å². The van der Waals surface area contributed by atoms with Crippen molar-refractivity contribution in [3.8, 4) is 11.8 Å². The summed E-state index contributed by atoms with van der Waals surface area (Å²) >= 11 is 0. The number of aliphatic hydroxyl groups excluding tert-OH is 1. The Kier molecular flexibility index (Phi) is 11.0. The number of rotatable bonds is 5. The maximum Gasteiger partial charge on any atom is 0.449 e. The first-order chi connectivity index (χ1) is 23.1. The molecule has 5 aliphatic rings. The standard InChI is InChI=1S/C35H48F6O9/c1-18-7-10-24(32(45)17-48-20(3)9-12-22(18)32)21(28(43)34(36,37)38)16-47-15-5-6-26(42)27-25-11-8-19(2)23-13-14-31(4,44)50-30(33(23,25)46)49-29(27)35(39,40)41/h18-20,22-26,30,42-46H,7-17H2,1-4H3/p-1/b28-21-/t18-,19-,20+,22+,23+,24?,25+,26?,30-,31+,32-,33-/m1/s1. The number of aliphatic hydroxyl groups is 4. The van der Waals surface area contributed by atoms with E-state index < -0.39 is 101 Å². The quantitative estimate of drug-likeness (QED) is 0.142. The van der Waals surface area contributed by atoms with Gasteiger partial charge in [-0.2, -0.15) is 26.3 Å². The van der Waals surface area contributed by atoms with Crippen LogP contribution in [0.2, 0.25) is 0 Å². The van der Waals surface area contributed by atoms with Crippen LogP contribution in [0.5, 0.6) is 0 Å². The zero-order chi connectivity index (χ0) is 37.0. The number of hydrogen-bond donors (Lipinski definition) is 4. The lowest BCUT2D eigenvalue weighted by Crippen LogP contribution is -2.64. The van der Waals surface area contributed by atoms with Gasteiger partial charge in [-0.1, -0.05) is 25.7 Å². The van der Waals surface area contributed by atoms with E-state index in [4.69, 9.17) is 18.9 Å². The second-order valence-electron chi connectivity index (χ2n) is 15.1. The molecule has 4 fully saturated rings. The molecule has 3 aliphatic heterocycles. The molecular weight excluding hydrogens is 678 g/mol. The summed E-state index contributed by atoms with van der Waals surface area (Å²) in [7, 11) is 0. The third-order valence-corrected chi connectivity index (χ3v) is 11.8. The number of alkyl halides is 6. The smallest absolute Gasteiger partial charge is 0.449 e. The van der Waals surface area contributed by atoms with Gasteiger partial charge in [0.25, 0.3) is 0 Å². The lowest BCUT2D eigenvalue weighted by Gasteiger charge is -2.54. The predicted molar refractivity (Wildman–Crippen MR) is 162 cm³/mol. The number of allylic oxidation sites excluding steroid dienone is 2. The van der Waals surface area contributed by atoms with E-state index >= 15 is 0 Å². The highest BCUT2D eigenvalue weighted by Gasteiger charge is 2.65. The molecule has 0 spiro atoms. The summed E-state index contributed by atoms with van der Waals surface area (Å²) in [5, 5.41) is 58.3. The Morgan fingerprint density at radius 1 is 0.960 bits per heavy atom. The number of halogens is 6. The minimum Gasteiger partial charge on any atom is -0.869 e. The van der Waals surface area contributed by atoms with Crippen LogP contribution in [0, 0.1) is 47.3 Å². The van der Waals surface area contributed by atoms with Crippen LogP contribution < -0.4 is 5.11 Å². The van der Waals surface area contributed by atoms with E-state index in [0.717, 1.165) is 0 Å². The molecule has 0 radical (unpaired) electrons. The van der Waals surface area contributed by atoms with Crippen molar-refractivity contribution in [2.45, 2.75) is 127 Å². The Morgan fingerprint density at radius 3 is 2.28 bits per heavy atom. The average Bonchev–Trinajstić information content (AvgIpc) is 3.23. The Labute approximate surface area is 287 Å². The molecule has 2 unspecified atom stereocenters. The van der Waals surface area contributed by atoms with Crippen molar-refractivity contribution in [2.24, 2.45) is 35.5 Å². The van der Waals surface area contributed by atoms with Gasteiger partial charge in [-0.3, -0.25) is 0 Å². The number of hydrogen-bond acceptors (Lipinski definition) is 9. The molecule has 0 aromatic carbocycles. The van der Waals surface area contributed by atoms with Gasteiger partial charge in [0.05, 0.1) is 24.9 Å². The first-order valence-electron chi connectivity index (χ1n) is 17.3. The van der Waals surface area contributed by atoms with Crippen LogP contribution >= 0.6 is 0 Å². The van der Waals surface area contributed by atoms with Crippen molar-refractivity contribution < 1.29 is 70.8 Å². The van der Waals surface area contributed by atoms with Crippen molar-refractivity contribution in [3.05, 3.63) is 22.7 Å². The molecule has 0 amide bonds. The van der Waals surface area contributed by atoms with Gasteiger partial charge in [0.1, 0.15) is 18.3 Å². The molecule has 2 aliphatic carbocycles. The van der Waals surface area contributed by atoms with E-state index in [0.29, 0.717) is 25.7 Å². The van der Waals surface area contributed by atoms with Crippen LogP contribution in [0.4, 0.5) is 26.3 Å². The highest BCUT2D eigenvalue weighted by Crippen LogP contribution is 2.57. The topological polar surface area (TPSA) is 141 Å². The normalized spacial score (nSPS) is 42.0. The van der Waals surface area contributed by atoms with Crippen LogP contribution in [0.3, 0.4) is 0 Å². The van der Waals surface area contributed by atoms with E-state index in [9.17, 15) is 51.9 Å². The summed E-state index contributed by atoms with van der Waals surface area (Å²) in [5.41, 5.74) is -5.20. The first-order valence-corrected chi connectivity index (χ1v) is 17.3. The number of fused-ring (bicyclic) bond motifs is 1. The second-order valence-corrected chi connectivity index (χ2v) is 15.1. The Hall–Kier alpha value is -2.06.